The Hall–Kier alpha value is -3.17. The van der Waals surface area contributed by atoms with E-state index in [0.29, 0.717) is 5.56 Å². The van der Waals surface area contributed by atoms with Gasteiger partial charge in [0.25, 0.3) is 5.91 Å². The number of rotatable bonds is 6. The molecule has 0 aromatic heterocycles. The van der Waals surface area contributed by atoms with Gasteiger partial charge in [-0.05, 0) is 55.3 Å². The molecular weight excluding hydrogens is 441 g/mol. The summed E-state index contributed by atoms with van der Waals surface area (Å²) in [5.41, 5.74) is 1.39. The predicted molar refractivity (Wildman–Crippen MR) is 116 cm³/mol. The van der Waals surface area contributed by atoms with Gasteiger partial charge in [0.05, 0.1) is 10.5 Å². The highest BCUT2D eigenvalue weighted by atomic mass is 32.2. The van der Waals surface area contributed by atoms with Crippen molar-refractivity contribution in [3.05, 3.63) is 94.5 Å². The second kappa shape index (κ2) is 9.13. The lowest BCUT2D eigenvalue weighted by Gasteiger charge is -2.13. The molecule has 0 atom stereocenters. The first-order chi connectivity index (χ1) is 15.0. The van der Waals surface area contributed by atoms with E-state index < -0.39 is 27.7 Å². The molecule has 0 bridgehead atoms. The molecule has 5 nitrogen and oxygen atoms in total. The van der Waals surface area contributed by atoms with Gasteiger partial charge in [0.15, 0.2) is 0 Å². The summed E-state index contributed by atoms with van der Waals surface area (Å²) in [5, 5.41) is 2.40. The monoisotopic (exact) mass is 462 g/mol. The largest absolute Gasteiger partial charge is 0.416 e. The standard InChI is InChI=1S/C23H21F3N2O3S/c1-15-6-9-17(10-7-15)14-27-32(30,31)20-11-8-16(2)21(13-20)22(29)28-19-5-3-4-18(12-19)23(24,25)26/h3-13,27H,14H2,1-2H3,(H,28,29). The number of sulfonamides is 1. The number of benzene rings is 3. The predicted octanol–water partition coefficient (Wildman–Crippen LogP) is 5.05. The van der Waals surface area contributed by atoms with Crippen molar-refractivity contribution in [2.75, 3.05) is 5.32 Å². The molecule has 0 aliphatic heterocycles. The average molecular weight is 462 g/mol. The van der Waals surface area contributed by atoms with Crippen LogP contribution in [0.25, 0.3) is 0 Å². The molecule has 2 N–H and O–H groups in total. The number of nitrogens with one attached hydrogen (secondary N) is 2. The third-order valence-corrected chi connectivity index (χ3v) is 6.20. The third-order valence-electron chi connectivity index (χ3n) is 4.80. The van der Waals surface area contributed by atoms with Crippen LogP contribution in [0.15, 0.2) is 71.6 Å². The van der Waals surface area contributed by atoms with Crippen LogP contribution in [0.1, 0.15) is 32.6 Å². The van der Waals surface area contributed by atoms with Crippen LogP contribution in [0, 0.1) is 13.8 Å². The molecule has 32 heavy (non-hydrogen) atoms. The fourth-order valence-electron chi connectivity index (χ4n) is 2.95. The molecule has 0 aliphatic carbocycles. The number of anilines is 1. The summed E-state index contributed by atoms with van der Waals surface area (Å²) in [4.78, 5) is 12.6. The van der Waals surface area contributed by atoms with Gasteiger partial charge in [-0.3, -0.25) is 4.79 Å². The highest BCUT2D eigenvalue weighted by Gasteiger charge is 2.30. The lowest BCUT2D eigenvalue weighted by Crippen LogP contribution is -2.24. The first-order valence-electron chi connectivity index (χ1n) is 9.60. The van der Waals surface area contributed by atoms with Crippen LogP contribution in [-0.2, 0) is 22.7 Å². The molecule has 0 unspecified atom stereocenters. The lowest BCUT2D eigenvalue weighted by molar-refractivity contribution is -0.137. The molecule has 9 heteroatoms. The van der Waals surface area contributed by atoms with Crippen molar-refractivity contribution in [3.8, 4) is 0 Å². The number of aryl methyl sites for hydroxylation is 2. The van der Waals surface area contributed by atoms with Crippen LogP contribution in [0.2, 0.25) is 0 Å². The maximum atomic E-state index is 12.9. The highest BCUT2D eigenvalue weighted by molar-refractivity contribution is 7.89. The normalized spacial score (nSPS) is 11.9. The van der Waals surface area contributed by atoms with Crippen molar-refractivity contribution in [2.45, 2.75) is 31.5 Å². The Labute approximate surface area is 184 Å². The molecule has 0 saturated carbocycles. The molecule has 0 heterocycles. The summed E-state index contributed by atoms with van der Waals surface area (Å²) in [7, 11) is -3.92. The lowest BCUT2D eigenvalue weighted by atomic mass is 10.1. The molecule has 168 valence electrons. The first kappa shape index (κ1) is 23.5. The zero-order chi connectivity index (χ0) is 23.5. The summed E-state index contributed by atoms with van der Waals surface area (Å²) < 4.78 is 66.6. The molecule has 3 aromatic carbocycles. The van der Waals surface area contributed by atoms with Crippen LogP contribution in [0.5, 0.6) is 0 Å². The zero-order valence-corrected chi connectivity index (χ0v) is 18.1. The van der Waals surface area contributed by atoms with E-state index in [1.165, 1.54) is 30.3 Å². The van der Waals surface area contributed by atoms with Crippen LogP contribution in [0.4, 0.5) is 18.9 Å². The van der Waals surface area contributed by atoms with E-state index in [0.717, 1.165) is 23.3 Å². The topological polar surface area (TPSA) is 75.3 Å². The van der Waals surface area contributed by atoms with Gasteiger partial charge in [-0.25, -0.2) is 13.1 Å². The van der Waals surface area contributed by atoms with Gasteiger partial charge in [0.1, 0.15) is 0 Å². The highest BCUT2D eigenvalue weighted by Crippen LogP contribution is 2.31. The van der Waals surface area contributed by atoms with E-state index in [-0.39, 0.29) is 22.7 Å². The Balaban J connectivity index is 1.80. The third kappa shape index (κ3) is 5.74. The number of carbonyl (C=O) groups excluding carboxylic acids is 1. The van der Waals surface area contributed by atoms with Crippen molar-refractivity contribution >= 4 is 21.6 Å². The Bertz CT molecular complexity index is 1240. The fraction of sp³-hybridized carbons (Fsp3) is 0.174. The minimum atomic E-state index is -4.55. The maximum Gasteiger partial charge on any atom is 0.416 e. The SMILES string of the molecule is Cc1ccc(CNS(=O)(=O)c2ccc(C)c(C(=O)Nc3cccc(C(F)(F)F)c3)c2)cc1. The van der Waals surface area contributed by atoms with E-state index in [2.05, 4.69) is 10.0 Å². The van der Waals surface area contributed by atoms with Gasteiger partial charge < -0.3 is 5.32 Å². The van der Waals surface area contributed by atoms with Crippen molar-refractivity contribution in [1.82, 2.24) is 4.72 Å². The Morgan fingerprint density at radius 2 is 1.62 bits per heavy atom. The number of carbonyl (C=O) groups is 1. The van der Waals surface area contributed by atoms with Gasteiger partial charge in [0, 0.05) is 17.8 Å². The molecule has 1 amide bonds. The molecular formula is C23H21F3N2O3S. The number of amides is 1. The van der Waals surface area contributed by atoms with Crippen molar-refractivity contribution in [3.63, 3.8) is 0 Å². The van der Waals surface area contributed by atoms with E-state index in [1.807, 2.05) is 19.1 Å². The van der Waals surface area contributed by atoms with E-state index in [1.54, 1.807) is 19.1 Å². The summed E-state index contributed by atoms with van der Waals surface area (Å²) in [5.74, 6) is -0.711. The fourth-order valence-corrected chi connectivity index (χ4v) is 4.00. The quantitative estimate of drug-likeness (QED) is 0.538. The first-order valence-corrected chi connectivity index (χ1v) is 11.1. The van der Waals surface area contributed by atoms with Crippen LogP contribution >= 0.6 is 0 Å². The minimum absolute atomic E-state index is 0.0422. The summed E-state index contributed by atoms with van der Waals surface area (Å²) in [6.45, 7) is 3.60. The molecule has 0 fully saturated rings. The Kier molecular flexibility index (Phi) is 6.71. The number of hydrogen-bond donors (Lipinski definition) is 2. The smallest absolute Gasteiger partial charge is 0.322 e. The number of alkyl halides is 3. The van der Waals surface area contributed by atoms with Gasteiger partial charge in [-0.1, -0.05) is 42.0 Å². The van der Waals surface area contributed by atoms with E-state index >= 15 is 0 Å². The van der Waals surface area contributed by atoms with Crippen LogP contribution in [-0.4, -0.2) is 14.3 Å². The van der Waals surface area contributed by atoms with Gasteiger partial charge in [-0.15, -0.1) is 0 Å². The van der Waals surface area contributed by atoms with E-state index in [4.69, 9.17) is 0 Å². The number of hydrogen-bond acceptors (Lipinski definition) is 3. The minimum Gasteiger partial charge on any atom is -0.322 e. The zero-order valence-electron chi connectivity index (χ0n) is 17.3. The second-order valence-electron chi connectivity index (χ2n) is 7.32. The van der Waals surface area contributed by atoms with Gasteiger partial charge >= 0.3 is 6.18 Å². The van der Waals surface area contributed by atoms with Gasteiger partial charge in [-0.2, -0.15) is 13.2 Å². The van der Waals surface area contributed by atoms with Gasteiger partial charge in [0.2, 0.25) is 10.0 Å². The molecule has 0 aliphatic rings. The average Bonchev–Trinajstić information content (AvgIpc) is 2.73. The van der Waals surface area contributed by atoms with Crippen molar-refractivity contribution in [2.24, 2.45) is 0 Å². The molecule has 0 spiro atoms. The molecule has 0 saturated heterocycles. The Morgan fingerprint density at radius 3 is 2.28 bits per heavy atom. The summed E-state index contributed by atoms with van der Waals surface area (Å²) in [6.07, 6.45) is -4.55. The number of halogens is 3. The van der Waals surface area contributed by atoms with Crippen LogP contribution < -0.4 is 10.0 Å². The van der Waals surface area contributed by atoms with Crippen molar-refractivity contribution < 1.29 is 26.4 Å². The van der Waals surface area contributed by atoms with E-state index in [9.17, 15) is 26.4 Å². The Morgan fingerprint density at radius 1 is 0.938 bits per heavy atom. The molecule has 3 aromatic rings. The van der Waals surface area contributed by atoms with Crippen LogP contribution in [0.3, 0.4) is 0 Å². The summed E-state index contributed by atoms with van der Waals surface area (Å²) in [6, 6.07) is 15.6. The summed E-state index contributed by atoms with van der Waals surface area (Å²) >= 11 is 0. The van der Waals surface area contributed by atoms with Crippen molar-refractivity contribution in [1.29, 1.82) is 0 Å². The molecule has 3 rings (SSSR count). The molecule has 0 radical (unpaired) electrons. The maximum absolute atomic E-state index is 12.9. The second-order valence-corrected chi connectivity index (χ2v) is 9.09.